The van der Waals surface area contributed by atoms with E-state index in [1.54, 1.807) is 6.26 Å². The zero-order valence-corrected chi connectivity index (χ0v) is 8.99. The topological polar surface area (TPSA) is 51.0 Å². The number of rotatable bonds is 2. The maximum absolute atomic E-state index is 5.57. The number of allylic oxidation sites excluding steroid dienone is 4. The second kappa shape index (κ2) is 3.68. The van der Waals surface area contributed by atoms with Gasteiger partial charge in [0.2, 0.25) is 0 Å². The van der Waals surface area contributed by atoms with Crippen LogP contribution in [0.15, 0.2) is 36.3 Å². The van der Waals surface area contributed by atoms with Gasteiger partial charge in [-0.3, -0.25) is 0 Å². The molecule has 1 aromatic rings. The molecule has 0 radical (unpaired) electrons. The first-order chi connectivity index (χ1) is 7.88. The Kier molecular flexibility index (Phi) is 2.18. The molecule has 0 saturated heterocycles. The molecule has 2 heterocycles. The summed E-state index contributed by atoms with van der Waals surface area (Å²) >= 11 is 0. The lowest BCUT2D eigenvalue weighted by Gasteiger charge is -2.18. The Morgan fingerprint density at radius 3 is 3.25 bits per heavy atom. The Morgan fingerprint density at radius 1 is 1.44 bits per heavy atom. The highest BCUT2D eigenvalue weighted by molar-refractivity contribution is 5.81. The number of aromatic amines is 1. The highest BCUT2D eigenvalue weighted by Crippen LogP contribution is 2.34. The van der Waals surface area contributed by atoms with Gasteiger partial charge < -0.3 is 15.5 Å². The minimum absolute atomic E-state index is 0.676. The third-order valence-electron chi connectivity index (χ3n) is 2.95. The van der Waals surface area contributed by atoms with Crippen molar-refractivity contribution in [1.29, 1.82) is 0 Å². The number of hydrogen-bond donors (Lipinski definition) is 2. The summed E-state index contributed by atoms with van der Waals surface area (Å²) in [5.74, 6) is 0.955. The average Bonchev–Trinajstić information content (AvgIpc) is 2.72. The van der Waals surface area contributed by atoms with Gasteiger partial charge >= 0.3 is 0 Å². The van der Waals surface area contributed by atoms with Gasteiger partial charge in [0.25, 0.3) is 0 Å². The molecule has 0 bridgehead atoms. The van der Waals surface area contributed by atoms with E-state index in [9.17, 15) is 0 Å². The number of fused-ring (bicyclic) bond motifs is 3. The van der Waals surface area contributed by atoms with Crippen LogP contribution in [-0.4, -0.2) is 11.5 Å². The molecule has 0 aromatic carbocycles. The summed E-state index contributed by atoms with van der Waals surface area (Å²) < 4.78 is 5.48. The van der Waals surface area contributed by atoms with Gasteiger partial charge in [0.15, 0.2) is 0 Å². The number of nitrogens with two attached hydrogens (primary N) is 1. The molecule has 82 valence electrons. The van der Waals surface area contributed by atoms with Crippen LogP contribution in [0.5, 0.6) is 0 Å². The van der Waals surface area contributed by atoms with Crippen LogP contribution < -0.4 is 5.73 Å². The number of H-pyrrole nitrogens is 1. The maximum atomic E-state index is 5.57. The molecule has 0 spiro atoms. The summed E-state index contributed by atoms with van der Waals surface area (Å²) in [7, 11) is 0. The highest BCUT2D eigenvalue weighted by Gasteiger charge is 2.21. The van der Waals surface area contributed by atoms with Crippen LogP contribution in [0.1, 0.15) is 17.0 Å². The predicted octanol–water partition coefficient (Wildman–Crippen LogP) is 1.88. The summed E-state index contributed by atoms with van der Waals surface area (Å²) in [6.07, 6.45) is 9.66. The fraction of sp³-hybridized carbons (Fsp3) is 0.231. The quantitative estimate of drug-likeness (QED) is 0.789. The lowest BCUT2D eigenvalue weighted by Crippen LogP contribution is -2.04. The van der Waals surface area contributed by atoms with Crippen LogP contribution in [0, 0.1) is 0 Å². The molecule has 3 nitrogen and oxygen atoms in total. The average molecular weight is 214 g/mol. The molecular formula is C13H14N2O. The summed E-state index contributed by atoms with van der Waals surface area (Å²) in [4.78, 5) is 3.43. The van der Waals surface area contributed by atoms with E-state index in [0.717, 1.165) is 24.2 Å². The number of ether oxygens (including phenoxy) is 1. The van der Waals surface area contributed by atoms with Gasteiger partial charge in [0, 0.05) is 11.3 Å². The van der Waals surface area contributed by atoms with E-state index < -0.39 is 0 Å². The Balaban J connectivity index is 2.04. The molecule has 3 rings (SSSR count). The van der Waals surface area contributed by atoms with E-state index in [4.69, 9.17) is 10.5 Å². The van der Waals surface area contributed by atoms with Gasteiger partial charge in [-0.05, 0) is 49.2 Å². The van der Waals surface area contributed by atoms with Crippen molar-refractivity contribution >= 4 is 5.57 Å². The van der Waals surface area contributed by atoms with Gasteiger partial charge in [0.1, 0.15) is 5.76 Å². The molecule has 0 fully saturated rings. The van der Waals surface area contributed by atoms with Crippen LogP contribution in [0.3, 0.4) is 0 Å². The first-order valence-electron chi connectivity index (χ1n) is 5.53. The summed E-state index contributed by atoms with van der Waals surface area (Å²) in [6.45, 7) is 0.676. The van der Waals surface area contributed by atoms with Crippen molar-refractivity contribution in [3.63, 3.8) is 0 Å². The van der Waals surface area contributed by atoms with E-state index >= 15 is 0 Å². The molecule has 2 aliphatic rings. The molecule has 0 atom stereocenters. The SMILES string of the molecule is NCCc1cc2c([nH]1)C1=CC=COC1=CC2. The van der Waals surface area contributed by atoms with Crippen molar-refractivity contribution in [3.8, 4) is 0 Å². The molecule has 0 amide bonds. The second-order valence-electron chi connectivity index (χ2n) is 4.03. The molecule has 3 N–H and O–H groups in total. The van der Waals surface area contributed by atoms with Gasteiger partial charge in [-0.25, -0.2) is 0 Å². The van der Waals surface area contributed by atoms with Gasteiger partial charge in [-0.1, -0.05) is 0 Å². The monoisotopic (exact) mass is 214 g/mol. The van der Waals surface area contributed by atoms with Crippen molar-refractivity contribution in [2.75, 3.05) is 6.54 Å². The van der Waals surface area contributed by atoms with Crippen LogP contribution in [0.4, 0.5) is 0 Å². The van der Waals surface area contributed by atoms with E-state index in [1.165, 1.54) is 17.0 Å². The predicted molar refractivity (Wildman–Crippen MR) is 63.5 cm³/mol. The van der Waals surface area contributed by atoms with E-state index in [2.05, 4.69) is 23.2 Å². The molecule has 1 aliphatic heterocycles. The van der Waals surface area contributed by atoms with Gasteiger partial charge in [-0.2, -0.15) is 0 Å². The van der Waals surface area contributed by atoms with Crippen molar-refractivity contribution < 1.29 is 4.74 Å². The zero-order valence-electron chi connectivity index (χ0n) is 8.99. The lowest BCUT2D eigenvalue weighted by atomic mass is 9.97. The third kappa shape index (κ3) is 1.41. The van der Waals surface area contributed by atoms with Crippen molar-refractivity contribution in [1.82, 2.24) is 4.98 Å². The molecular weight excluding hydrogens is 200 g/mol. The van der Waals surface area contributed by atoms with E-state index in [-0.39, 0.29) is 0 Å². The van der Waals surface area contributed by atoms with E-state index in [1.807, 2.05) is 6.08 Å². The van der Waals surface area contributed by atoms with E-state index in [0.29, 0.717) is 6.54 Å². The molecule has 1 aromatic heterocycles. The standard InChI is InChI=1S/C13H14N2O/c14-6-5-10-8-9-3-4-12-11(13(9)15-10)2-1-7-16-12/h1-2,4,7-8,15H,3,5-6,14H2. The molecule has 1 aliphatic carbocycles. The first-order valence-corrected chi connectivity index (χ1v) is 5.53. The smallest absolute Gasteiger partial charge is 0.132 e. The highest BCUT2D eigenvalue weighted by atomic mass is 16.5. The lowest BCUT2D eigenvalue weighted by molar-refractivity contribution is 0.366. The number of aromatic nitrogens is 1. The van der Waals surface area contributed by atoms with Crippen LogP contribution >= 0.6 is 0 Å². The van der Waals surface area contributed by atoms with Crippen LogP contribution in [0.2, 0.25) is 0 Å². The Morgan fingerprint density at radius 2 is 2.38 bits per heavy atom. The Bertz CT molecular complexity index is 506. The largest absolute Gasteiger partial charge is 0.465 e. The molecule has 3 heteroatoms. The van der Waals surface area contributed by atoms with Gasteiger partial charge in [0.05, 0.1) is 12.0 Å². The number of nitrogens with one attached hydrogen (secondary N) is 1. The number of hydrogen-bond acceptors (Lipinski definition) is 2. The summed E-state index contributed by atoms with van der Waals surface area (Å²) in [5.41, 5.74) is 10.4. The van der Waals surface area contributed by atoms with Crippen molar-refractivity contribution in [2.45, 2.75) is 12.8 Å². The first kappa shape index (κ1) is 9.48. The zero-order chi connectivity index (χ0) is 11.0. The fourth-order valence-corrected chi connectivity index (χ4v) is 2.21. The normalized spacial score (nSPS) is 17.1. The Labute approximate surface area is 94.3 Å². The third-order valence-corrected chi connectivity index (χ3v) is 2.95. The maximum Gasteiger partial charge on any atom is 0.132 e. The molecule has 0 unspecified atom stereocenters. The van der Waals surface area contributed by atoms with Crippen LogP contribution in [-0.2, 0) is 17.6 Å². The molecule has 0 saturated carbocycles. The molecule has 16 heavy (non-hydrogen) atoms. The fourth-order valence-electron chi connectivity index (χ4n) is 2.21. The second-order valence-corrected chi connectivity index (χ2v) is 4.03. The minimum Gasteiger partial charge on any atom is -0.465 e. The van der Waals surface area contributed by atoms with Crippen molar-refractivity contribution in [3.05, 3.63) is 53.3 Å². The summed E-state index contributed by atoms with van der Waals surface area (Å²) in [6, 6.07) is 2.20. The Hall–Kier alpha value is -1.74. The summed E-state index contributed by atoms with van der Waals surface area (Å²) in [5, 5.41) is 0. The van der Waals surface area contributed by atoms with Crippen molar-refractivity contribution in [2.24, 2.45) is 5.73 Å². The van der Waals surface area contributed by atoms with Gasteiger partial charge in [-0.15, -0.1) is 0 Å². The van der Waals surface area contributed by atoms with Crippen LogP contribution in [0.25, 0.3) is 5.57 Å². The minimum atomic E-state index is 0.676.